The highest BCUT2D eigenvalue weighted by atomic mass is 16.5. The van der Waals surface area contributed by atoms with Crippen molar-refractivity contribution in [3.8, 4) is 5.75 Å². The summed E-state index contributed by atoms with van der Waals surface area (Å²) in [6.07, 6.45) is 3.19. The third kappa shape index (κ3) is 3.23. The van der Waals surface area contributed by atoms with Gasteiger partial charge in [-0.05, 0) is 50.4 Å². The summed E-state index contributed by atoms with van der Waals surface area (Å²) in [4.78, 5) is 2.39. The number of fused-ring (bicyclic) bond motifs is 1. The van der Waals surface area contributed by atoms with E-state index in [0.29, 0.717) is 5.92 Å². The zero-order chi connectivity index (χ0) is 15.5. The molecule has 0 radical (unpaired) electrons. The number of nitrogens with zero attached hydrogens (tertiary/aromatic N) is 1. The fourth-order valence-corrected chi connectivity index (χ4v) is 3.63. The van der Waals surface area contributed by atoms with E-state index in [1.807, 2.05) is 12.1 Å². The Morgan fingerprint density at radius 2 is 2.32 bits per heavy atom. The zero-order valence-corrected chi connectivity index (χ0v) is 13.7. The molecule has 122 valence electrons. The third-order valence-corrected chi connectivity index (χ3v) is 4.75. The van der Waals surface area contributed by atoms with Gasteiger partial charge in [0, 0.05) is 19.0 Å². The number of nitrogens with one attached hydrogen (secondary N) is 1. The standard InChI is InChI=1S/C18H28N2O2/c1-3-9-20-12-13(2)22-17-7-6-14(10-16(17)20)18(21)15-5-4-8-19-11-15/h6-7,10,13,15,18-19,21H,3-5,8-9,11-12H2,1-2H3. The fourth-order valence-electron chi connectivity index (χ4n) is 3.63. The van der Waals surface area contributed by atoms with Gasteiger partial charge in [0.2, 0.25) is 0 Å². The third-order valence-electron chi connectivity index (χ3n) is 4.75. The van der Waals surface area contributed by atoms with Gasteiger partial charge in [0.05, 0.1) is 18.3 Å². The second kappa shape index (κ2) is 6.88. The molecular formula is C18H28N2O2. The minimum atomic E-state index is -0.388. The summed E-state index contributed by atoms with van der Waals surface area (Å²) < 4.78 is 5.95. The van der Waals surface area contributed by atoms with Crippen molar-refractivity contribution in [1.82, 2.24) is 5.32 Å². The molecule has 1 aromatic carbocycles. The molecule has 0 aromatic heterocycles. The Kier molecular flexibility index (Phi) is 4.89. The maximum atomic E-state index is 10.7. The van der Waals surface area contributed by atoms with E-state index in [-0.39, 0.29) is 12.2 Å². The summed E-state index contributed by atoms with van der Waals surface area (Å²) in [5.74, 6) is 1.26. The molecule has 22 heavy (non-hydrogen) atoms. The average Bonchev–Trinajstić information content (AvgIpc) is 2.55. The second-order valence-corrected chi connectivity index (χ2v) is 6.65. The summed E-state index contributed by atoms with van der Waals surface area (Å²) in [5, 5.41) is 14.1. The molecule has 0 saturated carbocycles. The van der Waals surface area contributed by atoms with Gasteiger partial charge in [-0.25, -0.2) is 0 Å². The average molecular weight is 304 g/mol. The topological polar surface area (TPSA) is 44.7 Å². The van der Waals surface area contributed by atoms with Gasteiger partial charge in [0.1, 0.15) is 11.9 Å². The Labute approximate surface area is 133 Å². The van der Waals surface area contributed by atoms with Crippen LogP contribution in [-0.4, -0.2) is 37.4 Å². The van der Waals surface area contributed by atoms with E-state index in [4.69, 9.17) is 4.74 Å². The molecule has 2 N–H and O–H groups in total. The predicted molar refractivity (Wildman–Crippen MR) is 89.6 cm³/mol. The van der Waals surface area contributed by atoms with Crippen molar-refractivity contribution >= 4 is 5.69 Å². The van der Waals surface area contributed by atoms with Gasteiger partial charge in [-0.3, -0.25) is 0 Å². The van der Waals surface area contributed by atoms with Crippen molar-refractivity contribution in [3.63, 3.8) is 0 Å². The summed E-state index contributed by atoms with van der Waals surface area (Å²) in [5.41, 5.74) is 2.16. The van der Waals surface area contributed by atoms with Gasteiger partial charge in [-0.15, -0.1) is 0 Å². The van der Waals surface area contributed by atoms with E-state index >= 15 is 0 Å². The predicted octanol–water partition coefficient (Wildman–Crippen LogP) is 2.72. The Morgan fingerprint density at radius 3 is 3.05 bits per heavy atom. The molecule has 1 aromatic rings. The summed E-state index contributed by atoms with van der Waals surface area (Å²) >= 11 is 0. The van der Waals surface area contributed by atoms with Crippen LogP contribution < -0.4 is 15.0 Å². The number of aliphatic hydroxyl groups excluding tert-OH is 1. The lowest BCUT2D eigenvalue weighted by Crippen LogP contribution is -2.39. The number of rotatable bonds is 4. The van der Waals surface area contributed by atoms with E-state index in [9.17, 15) is 5.11 Å². The van der Waals surface area contributed by atoms with Crippen molar-refractivity contribution in [3.05, 3.63) is 23.8 Å². The van der Waals surface area contributed by atoms with Crippen molar-refractivity contribution in [2.24, 2.45) is 5.92 Å². The van der Waals surface area contributed by atoms with E-state index in [2.05, 4.69) is 30.1 Å². The Morgan fingerprint density at radius 1 is 1.45 bits per heavy atom. The highest BCUT2D eigenvalue weighted by molar-refractivity contribution is 5.62. The highest BCUT2D eigenvalue weighted by Crippen LogP contribution is 2.37. The van der Waals surface area contributed by atoms with E-state index in [0.717, 1.165) is 62.4 Å². The first-order valence-corrected chi connectivity index (χ1v) is 8.63. The van der Waals surface area contributed by atoms with Crippen LogP contribution in [-0.2, 0) is 0 Å². The largest absolute Gasteiger partial charge is 0.487 e. The minimum Gasteiger partial charge on any atom is -0.487 e. The van der Waals surface area contributed by atoms with Gasteiger partial charge in [0.15, 0.2) is 0 Å². The van der Waals surface area contributed by atoms with E-state index < -0.39 is 0 Å². The van der Waals surface area contributed by atoms with Crippen molar-refractivity contribution < 1.29 is 9.84 Å². The van der Waals surface area contributed by atoms with Gasteiger partial charge in [0.25, 0.3) is 0 Å². The number of hydrogen-bond donors (Lipinski definition) is 2. The quantitative estimate of drug-likeness (QED) is 0.898. The molecule has 1 fully saturated rings. The van der Waals surface area contributed by atoms with Gasteiger partial charge in [-0.1, -0.05) is 13.0 Å². The number of hydrogen-bond acceptors (Lipinski definition) is 4. The molecule has 0 aliphatic carbocycles. The first-order chi connectivity index (χ1) is 10.7. The number of aliphatic hydroxyl groups is 1. The molecule has 0 bridgehead atoms. The van der Waals surface area contributed by atoms with Crippen LogP contribution in [0.5, 0.6) is 5.75 Å². The van der Waals surface area contributed by atoms with Crippen molar-refractivity contribution in [1.29, 1.82) is 0 Å². The van der Waals surface area contributed by atoms with Crippen LogP contribution in [0.15, 0.2) is 18.2 Å². The SMILES string of the molecule is CCCN1CC(C)Oc2ccc(C(O)C3CCCNC3)cc21. The van der Waals surface area contributed by atoms with Crippen LogP contribution in [0, 0.1) is 5.92 Å². The Balaban J connectivity index is 1.83. The lowest BCUT2D eigenvalue weighted by molar-refractivity contribution is 0.0920. The fraction of sp³-hybridized carbons (Fsp3) is 0.667. The van der Waals surface area contributed by atoms with Crippen molar-refractivity contribution in [2.45, 2.75) is 45.3 Å². The Hall–Kier alpha value is -1.26. The number of ether oxygens (including phenoxy) is 1. The molecule has 3 unspecified atom stereocenters. The molecule has 2 aliphatic heterocycles. The lowest BCUT2D eigenvalue weighted by atomic mass is 9.89. The molecule has 2 heterocycles. The zero-order valence-electron chi connectivity index (χ0n) is 13.7. The monoisotopic (exact) mass is 304 g/mol. The molecule has 4 heteroatoms. The summed E-state index contributed by atoms with van der Waals surface area (Å²) in [7, 11) is 0. The number of benzene rings is 1. The normalized spacial score (nSPS) is 26.2. The van der Waals surface area contributed by atoms with Gasteiger partial charge in [-0.2, -0.15) is 0 Å². The van der Waals surface area contributed by atoms with Crippen LogP contribution in [0.1, 0.15) is 44.8 Å². The van der Waals surface area contributed by atoms with Crippen LogP contribution in [0.3, 0.4) is 0 Å². The second-order valence-electron chi connectivity index (χ2n) is 6.65. The van der Waals surface area contributed by atoms with Crippen LogP contribution >= 0.6 is 0 Å². The minimum absolute atomic E-state index is 0.220. The van der Waals surface area contributed by atoms with Crippen LogP contribution in [0.25, 0.3) is 0 Å². The molecule has 0 amide bonds. The molecule has 0 spiro atoms. The summed E-state index contributed by atoms with van der Waals surface area (Å²) in [6.45, 7) is 8.25. The molecular weight excluding hydrogens is 276 g/mol. The number of piperidine rings is 1. The highest BCUT2D eigenvalue weighted by Gasteiger charge is 2.27. The molecule has 3 atom stereocenters. The molecule has 3 rings (SSSR count). The van der Waals surface area contributed by atoms with E-state index in [1.165, 1.54) is 0 Å². The molecule has 2 aliphatic rings. The first-order valence-electron chi connectivity index (χ1n) is 8.63. The maximum absolute atomic E-state index is 10.7. The van der Waals surface area contributed by atoms with Crippen molar-refractivity contribution in [2.75, 3.05) is 31.1 Å². The lowest BCUT2D eigenvalue weighted by Gasteiger charge is -2.36. The van der Waals surface area contributed by atoms with Crippen LogP contribution in [0.4, 0.5) is 5.69 Å². The smallest absolute Gasteiger partial charge is 0.143 e. The molecule has 1 saturated heterocycles. The molecule has 4 nitrogen and oxygen atoms in total. The van der Waals surface area contributed by atoms with Gasteiger partial charge < -0.3 is 20.1 Å². The summed E-state index contributed by atoms with van der Waals surface area (Å²) in [6, 6.07) is 6.19. The first kappa shape index (κ1) is 15.6. The van der Waals surface area contributed by atoms with Gasteiger partial charge >= 0.3 is 0 Å². The Bertz CT molecular complexity index is 500. The number of anilines is 1. The van der Waals surface area contributed by atoms with Crippen LogP contribution in [0.2, 0.25) is 0 Å². The maximum Gasteiger partial charge on any atom is 0.143 e. The van der Waals surface area contributed by atoms with E-state index in [1.54, 1.807) is 0 Å².